The van der Waals surface area contributed by atoms with Crippen LogP contribution in [0.2, 0.25) is 0 Å². The Kier molecular flexibility index (Phi) is 6.51. The maximum atomic E-state index is 13.0. The quantitative estimate of drug-likeness (QED) is 0.791. The van der Waals surface area contributed by atoms with Gasteiger partial charge in [-0.2, -0.15) is 4.31 Å². The van der Waals surface area contributed by atoms with Crippen molar-refractivity contribution in [1.29, 1.82) is 0 Å². The molecule has 0 amide bonds. The molecule has 0 saturated carbocycles. The Balaban J connectivity index is 1.63. The summed E-state index contributed by atoms with van der Waals surface area (Å²) in [5.41, 5.74) is 0.935. The van der Waals surface area contributed by atoms with Gasteiger partial charge in [0.05, 0.1) is 4.90 Å². The first-order valence-electron chi connectivity index (χ1n) is 9.73. The molecular weight excluding hydrogens is 346 g/mol. The van der Waals surface area contributed by atoms with Gasteiger partial charge in [0.1, 0.15) is 0 Å². The van der Waals surface area contributed by atoms with Crippen molar-refractivity contribution < 1.29 is 8.42 Å². The summed E-state index contributed by atoms with van der Waals surface area (Å²) in [5, 5.41) is 0. The summed E-state index contributed by atoms with van der Waals surface area (Å²) in [4.78, 5) is 5.40. The molecule has 2 heterocycles. The first kappa shape index (κ1) is 19.5. The molecule has 26 heavy (non-hydrogen) atoms. The molecule has 0 aromatic heterocycles. The van der Waals surface area contributed by atoms with Gasteiger partial charge >= 0.3 is 0 Å². The molecule has 0 aliphatic carbocycles. The molecule has 0 spiro atoms. The smallest absolute Gasteiger partial charge is 0.243 e. The monoisotopic (exact) mass is 377 g/mol. The molecule has 0 radical (unpaired) electrons. The van der Waals surface area contributed by atoms with Crippen molar-refractivity contribution in [2.75, 3.05) is 45.8 Å². The molecule has 0 N–H and O–H groups in total. The van der Waals surface area contributed by atoms with Crippen LogP contribution in [0.1, 0.15) is 31.7 Å². The van der Waals surface area contributed by atoms with Gasteiger partial charge in [-0.15, -0.1) is 0 Å². The topological polar surface area (TPSA) is 43.9 Å². The van der Waals surface area contributed by atoms with Crippen molar-refractivity contribution in [3.8, 4) is 0 Å². The standard InChI is InChI=1S/C20H31N3O2S/c1-3-18-6-8-20(9-7-18)26(24,25)23-13-5-12-22(16-17-23)19-10-14-21(4-2)15-11-19/h3,6-9,19H,1,4-5,10-17H2,2H3. The molecule has 2 aliphatic rings. The van der Waals surface area contributed by atoms with Crippen molar-refractivity contribution in [2.24, 2.45) is 0 Å². The van der Waals surface area contributed by atoms with Crippen LogP contribution in [0.5, 0.6) is 0 Å². The zero-order chi connectivity index (χ0) is 18.6. The molecule has 5 nitrogen and oxygen atoms in total. The fourth-order valence-corrected chi connectivity index (χ4v) is 5.51. The Morgan fingerprint density at radius 2 is 1.73 bits per heavy atom. The second-order valence-electron chi connectivity index (χ2n) is 7.23. The van der Waals surface area contributed by atoms with Gasteiger partial charge in [0.25, 0.3) is 0 Å². The minimum atomic E-state index is -3.41. The van der Waals surface area contributed by atoms with Gasteiger partial charge in [-0.25, -0.2) is 8.42 Å². The van der Waals surface area contributed by atoms with Crippen LogP contribution < -0.4 is 0 Å². The fourth-order valence-electron chi connectivity index (χ4n) is 4.04. The lowest BCUT2D eigenvalue weighted by atomic mass is 10.0. The van der Waals surface area contributed by atoms with Crippen molar-refractivity contribution in [3.05, 3.63) is 36.4 Å². The van der Waals surface area contributed by atoms with Crippen LogP contribution in [0.4, 0.5) is 0 Å². The fraction of sp³-hybridized carbons (Fsp3) is 0.600. The highest BCUT2D eigenvalue weighted by Crippen LogP contribution is 2.22. The second kappa shape index (κ2) is 8.65. The predicted octanol–water partition coefficient (Wildman–Crippen LogP) is 2.51. The third-order valence-electron chi connectivity index (χ3n) is 5.76. The Morgan fingerprint density at radius 1 is 1.04 bits per heavy atom. The van der Waals surface area contributed by atoms with Crippen molar-refractivity contribution in [2.45, 2.75) is 37.1 Å². The Hall–Kier alpha value is -1.21. The molecule has 3 rings (SSSR count). The molecule has 1 aromatic rings. The van der Waals surface area contributed by atoms with Crippen molar-refractivity contribution >= 4 is 16.1 Å². The SMILES string of the molecule is C=Cc1ccc(S(=O)(=O)N2CCCN(C3CCN(CC)CC3)CC2)cc1. The molecule has 2 aliphatic heterocycles. The number of rotatable bonds is 5. The van der Waals surface area contributed by atoms with E-state index in [-0.39, 0.29) is 0 Å². The average molecular weight is 378 g/mol. The lowest BCUT2D eigenvalue weighted by Crippen LogP contribution is -2.46. The average Bonchev–Trinajstić information content (AvgIpc) is 2.95. The van der Waals surface area contributed by atoms with E-state index >= 15 is 0 Å². The molecule has 6 heteroatoms. The lowest BCUT2D eigenvalue weighted by molar-refractivity contribution is 0.115. The Labute approximate surface area is 158 Å². The number of piperidine rings is 1. The van der Waals surface area contributed by atoms with Crippen LogP contribution in [0, 0.1) is 0 Å². The maximum Gasteiger partial charge on any atom is 0.243 e. The molecule has 2 fully saturated rings. The van der Waals surface area contributed by atoms with Gasteiger partial charge < -0.3 is 4.90 Å². The number of nitrogens with zero attached hydrogens (tertiary/aromatic N) is 3. The van der Waals surface area contributed by atoms with E-state index in [1.807, 2.05) is 12.1 Å². The number of sulfonamides is 1. The minimum Gasteiger partial charge on any atom is -0.303 e. The number of benzene rings is 1. The van der Waals surface area contributed by atoms with Crippen LogP contribution >= 0.6 is 0 Å². The highest BCUT2D eigenvalue weighted by Gasteiger charge is 2.30. The maximum absolute atomic E-state index is 13.0. The second-order valence-corrected chi connectivity index (χ2v) is 9.17. The molecule has 0 atom stereocenters. The number of likely N-dealkylation sites (tertiary alicyclic amines) is 1. The molecule has 144 valence electrons. The van der Waals surface area contributed by atoms with Crippen molar-refractivity contribution in [1.82, 2.24) is 14.1 Å². The van der Waals surface area contributed by atoms with E-state index in [0.29, 0.717) is 24.0 Å². The Bertz CT molecular complexity index is 694. The number of hydrogen-bond donors (Lipinski definition) is 0. The van der Waals surface area contributed by atoms with Crippen LogP contribution in [-0.2, 0) is 10.0 Å². The normalized spacial score (nSPS) is 22.2. The minimum absolute atomic E-state index is 0.382. The summed E-state index contributed by atoms with van der Waals surface area (Å²) >= 11 is 0. The largest absolute Gasteiger partial charge is 0.303 e. The summed E-state index contributed by atoms with van der Waals surface area (Å²) in [6.07, 6.45) is 5.02. The summed E-state index contributed by atoms with van der Waals surface area (Å²) < 4.78 is 27.6. The van der Waals surface area contributed by atoms with Gasteiger partial charge in [-0.3, -0.25) is 4.90 Å². The van der Waals surface area contributed by atoms with E-state index in [1.54, 1.807) is 22.5 Å². The number of hydrogen-bond acceptors (Lipinski definition) is 4. The summed E-state index contributed by atoms with van der Waals surface area (Å²) in [6, 6.07) is 7.61. The Morgan fingerprint density at radius 3 is 2.35 bits per heavy atom. The zero-order valence-electron chi connectivity index (χ0n) is 15.8. The summed E-state index contributed by atoms with van der Waals surface area (Å²) in [5.74, 6) is 0. The van der Waals surface area contributed by atoms with E-state index in [1.165, 1.54) is 12.8 Å². The van der Waals surface area contributed by atoms with Crippen molar-refractivity contribution in [3.63, 3.8) is 0 Å². The van der Waals surface area contributed by atoms with Gasteiger partial charge in [0, 0.05) is 25.7 Å². The van der Waals surface area contributed by atoms with E-state index in [2.05, 4.69) is 23.3 Å². The van der Waals surface area contributed by atoms with Crippen LogP contribution in [0.25, 0.3) is 6.08 Å². The van der Waals surface area contributed by atoms with E-state index < -0.39 is 10.0 Å². The van der Waals surface area contributed by atoms with Gasteiger partial charge in [-0.1, -0.05) is 31.7 Å². The highest BCUT2D eigenvalue weighted by atomic mass is 32.2. The van der Waals surface area contributed by atoms with E-state index in [4.69, 9.17) is 0 Å². The molecule has 0 unspecified atom stereocenters. The van der Waals surface area contributed by atoms with Crippen LogP contribution in [0.3, 0.4) is 0 Å². The van der Waals surface area contributed by atoms with Crippen LogP contribution in [-0.4, -0.2) is 74.4 Å². The van der Waals surface area contributed by atoms with Gasteiger partial charge in [-0.05, 0) is 63.1 Å². The molecule has 2 saturated heterocycles. The summed E-state index contributed by atoms with van der Waals surface area (Å²) in [6.45, 7) is 12.4. The molecule has 1 aromatic carbocycles. The highest BCUT2D eigenvalue weighted by molar-refractivity contribution is 7.89. The first-order valence-corrected chi connectivity index (χ1v) is 11.2. The lowest BCUT2D eigenvalue weighted by Gasteiger charge is -2.37. The summed E-state index contributed by atoms with van der Waals surface area (Å²) in [7, 11) is -3.41. The molecule has 0 bridgehead atoms. The third kappa shape index (κ3) is 4.36. The first-order chi connectivity index (χ1) is 12.5. The molecular formula is C20H31N3O2S. The van der Waals surface area contributed by atoms with Crippen LogP contribution in [0.15, 0.2) is 35.7 Å². The van der Waals surface area contributed by atoms with Gasteiger partial charge in [0.15, 0.2) is 0 Å². The van der Waals surface area contributed by atoms with Gasteiger partial charge in [0.2, 0.25) is 10.0 Å². The third-order valence-corrected chi connectivity index (χ3v) is 7.68. The predicted molar refractivity (Wildman–Crippen MR) is 107 cm³/mol. The van der Waals surface area contributed by atoms with E-state index in [9.17, 15) is 8.42 Å². The zero-order valence-corrected chi connectivity index (χ0v) is 16.6. The van der Waals surface area contributed by atoms with E-state index in [0.717, 1.165) is 44.7 Å².